The fourth-order valence-corrected chi connectivity index (χ4v) is 4.50. The van der Waals surface area contributed by atoms with Gasteiger partial charge in [-0.15, -0.1) is 11.3 Å². The molecular formula is C24H21NO4S. The van der Waals surface area contributed by atoms with Crippen LogP contribution in [-0.4, -0.2) is 21.9 Å². The Bertz CT molecular complexity index is 1150. The Morgan fingerprint density at radius 1 is 1.10 bits per heavy atom. The Kier molecular flexibility index (Phi) is 5.18. The summed E-state index contributed by atoms with van der Waals surface area (Å²) in [5.74, 6) is -1.87. The summed E-state index contributed by atoms with van der Waals surface area (Å²) in [4.78, 5) is 28.1. The highest BCUT2D eigenvalue weighted by Gasteiger charge is 2.48. The number of anilines is 1. The number of amides is 1. The van der Waals surface area contributed by atoms with E-state index in [-0.39, 0.29) is 22.8 Å². The summed E-state index contributed by atoms with van der Waals surface area (Å²) >= 11 is 1.38. The van der Waals surface area contributed by atoms with E-state index in [0.29, 0.717) is 5.56 Å². The van der Waals surface area contributed by atoms with Gasteiger partial charge in [-0.3, -0.25) is 14.5 Å². The monoisotopic (exact) mass is 419 g/mol. The molecule has 2 N–H and O–H groups in total. The maximum Gasteiger partial charge on any atom is 0.300 e. The van der Waals surface area contributed by atoms with E-state index in [4.69, 9.17) is 0 Å². The summed E-state index contributed by atoms with van der Waals surface area (Å²) in [6.45, 7) is 3.88. The van der Waals surface area contributed by atoms with Crippen LogP contribution in [0.5, 0.6) is 5.75 Å². The summed E-state index contributed by atoms with van der Waals surface area (Å²) in [6.07, 6.45) is 0.854. The molecule has 0 radical (unpaired) electrons. The van der Waals surface area contributed by atoms with Crippen LogP contribution in [0.3, 0.4) is 0 Å². The minimum Gasteiger partial charge on any atom is -0.507 e. The Balaban J connectivity index is 1.92. The second-order valence-electron chi connectivity index (χ2n) is 7.23. The molecule has 1 aromatic heterocycles. The van der Waals surface area contributed by atoms with Crippen molar-refractivity contribution in [2.75, 3.05) is 4.90 Å². The number of phenolic OH excluding ortho intramolecular Hbond substituents is 1. The van der Waals surface area contributed by atoms with Crippen molar-refractivity contribution in [3.05, 3.63) is 87.1 Å². The molecule has 4 rings (SSSR count). The van der Waals surface area contributed by atoms with Crippen LogP contribution in [0.25, 0.3) is 5.76 Å². The van der Waals surface area contributed by atoms with E-state index in [0.717, 1.165) is 22.4 Å². The lowest BCUT2D eigenvalue weighted by atomic mass is 9.98. The van der Waals surface area contributed by atoms with E-state index < -0.39 is 17.7 Å². The van der Waals surface area contributed by atoms with Crippen LogP contribution < -0.4 is 4.90 Å². The topological polar surface area (TPSA) is 77.8 Å². The number of nitrogens with zero attached hydrogens (tertiary/aromatic N) is 1. The number of hydrogen-bond acceptors (Lipinski definition) is 5. The molecule has 0 saturated carbocycles. The van der Waals surface area contributed by atoms with Gasteiger partial charge in [0.15, 0.2) is 0 Å². The summed E-state index contributed by atoms with van der Waals surface area (Å²) in [5, 5.41) is 23.3. The number of benzene rings is 2. The maximum atomic E-state index is 13.0. The van der Waals surface area contributed by atoms with Crippen molar-refractivity contribution in [3.8, 4) is 5.75 Å². The zero-order chi connectivity index (χ0) is 21.4. The fourth-order valence-electron chi connectivity index (χ4n) is 3.68. The van der Waals surface area contributed by atoms with Crippen molar-refractivity contribution in [1.29, 1.82) is 0 Å². The molecule has 1 aliphatic rings. The molecule has 1 atom stereocenters. The summed E-state index contributed by atoms with van der Waals surface area (Å²) in [5.41, 5.74) is 2.68. The van der Waals surface area contributed by atoms with Crippen molar-refractivity contribution in [3.63, 3.8) is 0 Å². The van der Waals surface area contributed by atoms with E-state index in [1.165, 1.54) is 22.3 Å². The van der Waals surface area contributed by atoms with Gasteiger partial charge in [0.2, 0.25) is 0 Å². The smallest absolute Gasteiger partial charge is 0.300 e. The summed E-state index contributed by atoms with van der Waals surface area (Å²) in [7, 11) is 0. The third kappa shape index (κ3) is 3.29. The van der Waals surface area contributed by atoms with E-state index >= 15 is 0 Å². The van der Waals surface area contributed by atoms with Crippen molar-refractivity contribution < 1.29 is 19.8 Å². The number of thiophene rings is 1. The first-order valence-electron chi connectivity index (χ1n) is 9.65. The number of carbonyl (C=O) groups is 2. The number of rotatable bonds is 4. The lowest BCUT2D eigenvalue weighted by Crippen LogP contribution is -2.29. The van der Waals surface area contributed by atoms with Gasteiger partial charge in [-0.05, 0) is 48.1 Å². The lowest BCUT2D eigenvalue weighted by molar-refractivity contribution is -0.132. The number of aliphatic hydroxyl groups excluding tert-OH is 1. The first-order valence-corrected chi connectivity index (χ1v) is 10.5. The van der Waals surface area contributed by atoms with Gasteiger partial charge in [0, 0.05) is 10.4 Å². The van der Waals surface area contributed by atoms with E-state index in [1.54, 1.807) is 24.3 Å². The summed E-state index contributed by atoms with van der Waals surface area (Å²) < 4.78 is 0. The van der Waals surface area contributed by atoms with Crippen LogP contribution in [0.2, 0.25) is 0 Å². The number of ketones is 1. The zero-order valence-corrected chi connectivity index (χ0v) is 17.4. The Morgan fingerprint density at radius 3 is 2.47 bits per heavy atom. The molecule has 2 heterocycles. The number of aryl methyl sites for hydroxylation is 2. The van der Waals surface area contributed by atoms with Crippen LogP contribution in [0.15, 0.2) is 65.6 Å². The maximum absolute atomic E-state index is 13.0. The average Bonchev–Trinajstić information content (AvgIpc) is 3.37. The third-order valence-corrected chi connectivity index (χ3v) is 6.21. The highest BCUT2D eigenvalue weighted by atomic mass is 32.1. The first-order chi connectivity index (χ1) is 14.4. The molecular weight excluding hydrogens is 398 g/mol. The molecule has 0 aliphatic carbocycles. The predicted molar refractivity (Wildman–Crippen MR) is 118 cm³/mol. The molecule has 6 heteroatoms. The van der Waals surface area contributed by atoms with Crippen molar-refractivity contribution >= 4 is 34.5 Å². The van der Waals surface area contributed by atoms with Crippen LogP contribution in [0.1, 0.15) is 34.5 Å². The van der Waals surface area contributed by atoms with Crippen LogP contribution in [0.4, 0.5) is 5.69 Å². The number of phenols is 1. The van der Waals surface area contributed by atoms with Gasteiger partial charge in [-0.2, -0.15) is 0 Å². The quantitative estimate of drug-likeness (QED) is 0.356. The molecule has 1 unspecified atom stereocenters. The van der Waals surface area contributed by atoms with Gasteiger partial charge in [-0.25, -0.2) is 0 Å². The molecule has 5 nitrogen and oxygen atoms in total. The number of aliphatic hydroxyl groups is 1. The number of aromatic hydroxyl groups is 1. The minimum absolute atomic E-state index is 0.0209. The lowest BCUT2D eigenvalue weighted by Gasteiger charge is -2.25. The first kappa shape index (κ1) is 19.9. The van der Waals surface area contributed by atoms with Crippen molar-refractivity contribution in [2.24, 2.45) is 0 Å². The predicted octanol–water partition coefficient (Wildman–Crippen LogP) is 4.95. The molecule has 0 bridgehead atoms. The molecule has 2 aromatic carbocycles. The van der Waals surface area contributed by atoms with Gasteiger partial charge in [0.05, 0.1) is 11.3 Å². The van der Waals surface area contributed by atoms with Gasteiger partial charge in [-0.1, -0.05) is 43.3 Å². The molecule has 1 saturated heterocycles. The van der Waals surface area contributed by atoms with E-state index in [9.17, 15) is 19.8 Å². The molecule has 3 aromatic rings. The molecule has 30 heavy (non-hydrogen) atoms. The Morgan fingerprint density at radius 2 is 1.83 bits per heavy atom. The Labute approximate surface area is 178 Å². The second-order valence-corrected chi connectivity index (χ2v) is 8.21. The van der Waals surface area contributed by atoms with Crippen molar-refractivity contribution in [2.45, 2.75) is 26.3 Å². The molecule has 1 aliphatic heterocycles. The van der Waals surface area contributed by atoms with E-state index in [1.807, 2.05) is 43.5 Å². The molecule has 0 spiro atoms. The highest BCUT2D eigenvalue weighted by molar-refractivity contribution is 7.10. The molecule has 1 fully saturated rings. The third-order valence-electron chi connectivity index (χ3n) is 5.28. The average molecular weight is 420 g/mol. The van der Waals surface area contributed by atoms with Crippen molar-refractivity contribution in [1.82, 2.24) is 0 Å². The van der Waals surface area contributed by atoms with Gasteiger partial charge >= 0.3 is 0 Å². The zero-order valence-electron chi connectivity index (χ0n) is 16.6. The summed E-state index contributed by atoms with van der Waals surface area (Å²) in [6, 6.07) is 15.0. The SMILES string of the molecule is CCc1ccc(/C(O)=C2/C(=O)C(=O)N(c3cc(C)ccc3O)C2c2cccs2)cc1. The highest BCUT2D eigenvalue weighted by Crippen LogP contribution is 2.46. The normalized spacial score (nSPS) is 18.2. The van der Waals surface area contributed by atoms with Crippen LogP contribution in [0, 0.1) is 6.92 Å². The largest absolute Gasteiger partial charge is 0.507 e. The molecule has 1 amide bonds. The van der Waals surface area contributed by atoms with E-state index in [2.05, 4.69) is 0 Å². The molecule has 152 valence electrons. The van der Waals surface area contributed by atoms with Gasteiger partial charge in [0.1, 0.15) is 17.6 Å². The number of hydrogen-bond donors (Lipinski definition) is 2. The van der Waals surface area contributed by atoms with Gasteiger partial charge < -0.3 is 10.2 Å². The van der Waals surface area contributed by atoms with Crippen LogP contribution >= 0.6 is 11.3 Å². The fraction of sp³-hybridized carbons (Fsp3) is 0.167. The Hall–Kier alpha value is -3.38. The van der Waals surface area contributed by atoms with Gasteiger partial charge in [0.25, 0.3) is 11.7 Å². The minimum atomic E-state index is -0.816. The number of carbonyl (C=O) groups excluding carboxylic acids is 2. The second kappa shape index (κ2) is 7.80. The van der Waals surface area contributed by atoms with Crippen LogP contribution in [-0.2, 0) is 16.0 Å². The number of Topliss-reactive ketones (excluding diaryl/α,β-unsaturated/α-hetero) is 1. The standard InChI is InChI=1S/C24H21NO4S/c1-3-15-7-9-16(10-8-15)22(27)20-21(19-5-4-12-30-19)25(24(29)23(20)28)17-13-14(2)6-11-18(17)26/h4-13,21,26-27H,3H2,1-2H3/b22-20-.